The predicted molar refractivity (Wildman–Crippen MR) is 299 cm³/mol. The number of Topliss-reactive ketones (excluding diaryl/α,β-unsaturated/α-hetero) is 2. The van der Waals surface area contributed by atoms with Crippen molar-refractivity contribution in [3.63, 3.8) is 0 Å². The number of nitrogens with one attached hydrogen (secondary N) is 5. The molecule has 29 nitrogen and oxygen atoms in total. The van der Waals surface area contributed by atoms with Crippen LogP contribution in [-0.4, -0.2) is 164 Å². The molecule has 4 atom stereocenters. The normalized spacial score (nSPS) is 11.9. The molecule has 2 aromatic heterocycles. The largest absolute Gasteiger partial charge is 0.480 e. The van der Waals surface area contributed by atoms with E-state index < -0.39 is 62.0 Å². The van der Waals surface area contributed by atoms with Crippen molar-refractivity contribution in [1.82, 2.24) is 56.6 Å². The van der Waals surface area contributed by atoms with E-state index in [0.717, 1.165) is 57.8 Å². The van der Waals surface area contributed by atoms with Crippen molar-refractivity contribution in [2.24, 2.45) is 0 Å². The maximum absolute atomic E-state index is 12.2. The predicted octanol–water partition coefficient (Wildman–Crippen LogP) is 5.06. The number of carboxylic acids is 2. The molecule has 0 fully saturated rings. The lowest BCUT2D eigenvalue weighted by molar-refractivity contribution is -0.192. The van der Waals surface area contributed by atoms with Crippen LogP contribution in [0.25, 0.3) is 0 Å². The average molecular weight is 1230 g/mol. The molecule has 2 aromatic rings. The van der Waals surface area contributed by atoms with Gasteiger partial charge in [-0.2, -0.15) is 9.59 Å². The summed E-state index contributed by atoms with van der Waals surface area (Å²) in [4.78, 5) is 132. The molecule has 0 aliphatic rings. The molecule has 5 amide bonds. The third-order valence-corrected chi connectivity index (χ3v) is 12.4. The number of aryl methyl sites for hydroxylation is 3. The minimum absolute atomic E-state index is 0.0123. The molecular formula is C55H89F2N11O18. The summed E-state index contributed by atoms with van der Waals surface area (Å²) in [6, 6.07) is -1.76. The molecule has 0 unspecified atom stereocenters. The second kappa shape index (κ2) is 52.7. The molecule has 2 heterocycles. The van der Waals surface area contributed by atoms with Gasteiger partial charge in [-0.25, -0.2) is 37.3 Å². The topological polar surface area (TPSA) is 404 Å². The average Bonchev–Trinajstić information content (AvgIpc) is 4.14. The van der Waals surface area contributed by atoms with Gasteiger partial charge in [0, 0.05) is 77.1 Å². The lowest BCUT2D eigenvalue weighted by Crippen LogP contribution is -2.49. The van der Waals surface area contributed by atoms with E-state index in [1.807, 2.05) is 0 Å². The van der Waals surface area contributed by atoms with Gasteiger partial charge in [0.15, 0.2) is 12.5 Å². The Hall–Kier alpha value is -7.82. The Morgan fingerprint density at radius 2 is 1.08 bits per heavy atom. The number of rotatable bonds is 51. The number of aromatic nitrogens is 6. The van der Waals surface area contributed by atoms with Gasteiger partial charge in [-0.05, 0) is 70.6 Å². The minimum Gasteiger partial charge on any atom is -0.480 e. The number of unbranched alkanes of at least 4 members (excludes halogenated alkanes) is 9. The van der Waals surface area contributed by atoms with Crippen LogP contribution in [0, 0.1) is 0 Å². The van der Waals surface area contributed by atoms with Crippen LogP contribution in [0.5, 0.6) is 0 Å². The van der Waals surface area contributed by atoms with Gasteiger partial charge in [0.2, 0.25) is 17.9 Å². The maximum Gasteiger partial charge on any atom is 0.410 e. The van der Waals surface area contributed by atoms with Crippen LogP contribution in [0.4, 0.5) is 18.4 Å². The molecule has 2 rings (SSSR count). The summed E-state index contributed by atoms with van der Waals surface area (Å²) < 4.78 is 46.7. The molecule has 486 valence electrons. The van der Waals surface area contributed by atoms with E-state index in [9.17, 15) is 56.7 Å². The molecule has 0 saturated heterocycles. The van der Waals surface area contributed by atoms with Crippen molar-refractivity contribution in [3.05, 3.63) is 23.8 Å². The lowest BCUT2D eigenvalue weighted by Gasteiger charge is -2.19. The second-order valence-corrected chi connectivity index (χ2v) is 19.6. The van der Waals surface area contributed by atoms with E-state index in [1.54, 1.807) is 26.2 Å². The Morgan fingerprint density at radius 3 is 1.59 bits per heavy atom. The van der Waals surface area contributed by atoms with Crippen molar-refractivity contribution >= 4 is 66.5 Å². The van der Waals surface area contributed by atoms with Crippen LogP contribution in [0.2, 0.25) is 0 Å². The summed E-state index contributed by atoms with van der Waals surface area (Å²) in [6.07, 6.45) is 15.3. The first kappa shape index (κ1) is 78.2. The Bertz CT molecular complexity index is 2270. The molecule has 0 spiro atoms. The van der Waals surface area contributed by atoms with Crippen molar-refractivity contribution in [2.75, 3.05) is 33.0 Å². The van der Waals surface area contributed by atoms with Crippen LogP contribution in [0.15, 0.2) is 12.4 Å². The number of aliphatic carboxylic acids is 2. The number of hydrogen-bond donors (Lipinski definition) is 7. The highest BCUT2D eigenvalue weighted by Crippen LogP contribution is 2.13. The van der Waals surface area contributed by atoms with Crippen molar-refractivity contribution < 1.29 is 95.5 Å². The number of alkyl carbamates (subject to hydrolysis) is 1. The van der Waals surface area contributed by atoms with Gasteiger partial charge in [-0.3, -0.25) is 34.1 Å². The van der Waals surface area contributed by atoms with Crippen LogP contribution >= 0.6 is 0 Å². The summed E-state index contributed by atoms with van der Waals surface area (Å²) in [6.45, 7) is 3.97. The molecular weight excluding hydrogens is 1140 g/mol. The summed E-state index contributed by atoms with van der Waals surface area (Å²) in [7, 11) is 0. The van der Waals surface area contributed by atoms with E-state index >= 15 is 0 Å². The summed E-state index contributed by atoms with van der Waals surface area (Å²) in [5.41, 5.74) is 1.31. The molecule has 31 heteroatoms. The number of carboxylic acid groups (broad SMARTS) is 2. The van der Waals surface area contributed by atoms with Crippen LogP contribution in [0.3, 0.4) is 0 Å². The Morgan fingerprint density at radius 1 is 0.593 bits per heavy atom. The number of amides is 5. The van der Waals surface area contributed by atoms with Crippen LogP contribution in [-0.2, 0) is 93.0 Å². The highest BCUT2D eigenvalue weighted by atomic mass is 19.1. The zero-order valence-electron chi connectivity index (χ0n) is 49.5. The first-order valence-electron chi connectivity index (χ1n) is 29.2. The zero-order chi connectivity index (χ0) is 64.0. The number of hydrogen-bond acceptors (Lipinski definition) is 20. The Kier molecular flexibility index (Phi) is 47.9. The molecule has 0 bridgehead atoms. The molecule has 0 aromatic carbocycles. The Balaban J connectivity index is 0.00000176. The first-order valence-corrected chi connectivity index (χ1v) is 29.2. The van der Waals surface area contributed by atoms with Gasteiger partial charge in [0.05, 0.1) is 30.7 Å². The number of halogens is 2. The second-order valence-electron chi connectivity index (χ2n) is 19.6. The quantitative estimate of drug-likeness (QED) is 0.0197. The molecule has 0 aliphatic heterocycles. The van der Waals surface area contributed by atoms with E-state index in [1.165, 1.54) is 9.36 Å². The summed E-state index contributed by atoms with van der Waals surface area (Å²) in [5.74, 6) is -2.16. The fourth-order valence-electron chi connectivity index (χ4n) is 7.98. The van der Waals surface area contributed by atoms with Crippen molar-refractivity contribution in [2.45, 2.75) is 225 Å². The van der Waals surface area contributed by atoms with Gasteiger partial charge >= 0.3 is 30.2 Å². The highest BCUT2D eigenvalue weighted by Gasteiger charge is 2.24. The number of carbonyl (C=O) groups is 10. The molecule has 0 saturated carbocycles. The van der Waals surface area contributed by atoms with Crippen LogP contribution < -0.4 is 26.6 Å². The van der Waals surface area contributed by atoms with Crippen molar-refractivity contribution in [3.8, 4) is 0 Å². The number of carbonyl (C=O) groups excluding carboxylic acids is 10. The Labute approximate surface area is 499 Å². The van der Waals surface area contributed by atoms with Gasteiger partial charge in [0.1, 0.15) is 37.7 Å². The number of ether oxygens (including phenoxy) is 4. The monoisotopic (exact) mass is 1230 g/mol. The van der Waals surface area contributed by atoms with Gasteiger partial charge in [0.25, 0.3) is 12.9 Å². The minimum atomic E-state index is -1.28. The standard InChI is InChI=1S/C35H59FN6O9.C19H30FN5O7.CO2/c1-2-14-31(34(47)48)38-35(49)39-33(51-27-43)19-12-13-23-37-32(46)18-11-7-6-10-16-29(44)15-8-4-3-5-9-17-30(45)21-20-28-25-42(41-40-28)26-50-24-22-36;1-2-5-15(18(28)29)32-19(30)22-17(31-13-26)6-3-4-10-21-16(27)8-7-14-12-25(11-9-20)24-23-14;2-1-3/h25,27,31,33H,2-24,26H2,1H3,(H,37,46)(H,47,48)(H2,38,39,49);12-13,15,17H,2-11H2,1H3,(H,21,27)(H,22,30)(H,28,29);/t31-,33+;15-,17+;/m00./s1/i36-1;;. The molecule has 86 heavy (non-hydrogen) atoms. The molecule has 0 aliphatic carbocycles. The SMILES string of the molecule is CCC[C@H](NC(=O)N[C@@H](CCCCNC(=O)CCCCCCC(=O)CCCCCCCC(=O)CCc1cn(COCC[18F])nn1)OC=O)C(=O)O.CCC[C@H](OC(=O)N[C@@H](CCCCNC(=O)CCc1cn(CCF)nn1)OC=O)C(=O)O.O=C=O. The summed E-state index contributed by atoms with van der Waals surface area (Å²) >= 11 is 0. The number of urea groups is 1. The van der Waals surface area contributed by atoms with E-state index in [-0.39, 0.29) is 88.0 Å². The molecule has 0 radical (unpaired) electrons. The van der Waals surface area contributed by atoms with Gasteiger partial charge in [-0.15, -0.1) is 10.2 Å². The van der Waals surface area contributed by atoms with Gasteiger partial charge < -0.3 is 50.4 Å². The smallest absolute Gasteiger partial charge is 0.410 e. The number of nitrogens with zero attached hydrogens (tertiary/aromatic N) is 6. The zero-order valence-corrected chi connectivity index (χ0v) is 49.5. The fraction of sp³-hybridized carbons (Fsp3) is 0.727. The van der Waals surface area contributed by atoms with E-state index in [4.69, 9.17) is 38.7 Å². The number of ketones is 2. The van der Waals surface area contributed by atoms with Gasteiger partial charge in [-0.1, -0.05) is 69.2 Å². The van der Waals surface area contributed by atoms with Crippen LogP contribution in [0.1, 0.15) is 186 Å². The third-order valence-electron chi connectivity index (χ3n) is 12.4. The lowest BCUT2D eigenvalue weighted by atomic mass is 10.0. The fourth-order valence-corrected chi connectivity index (χ4v) is 7.98. The highest BCUT2D eigenvalue weighted by molar-refractivity contribution is 5.82. The van der Waals surface area contributed by atoms with E-state index in [2.05, 4.69) is 47.2 Å². The third kappa shape index (κ3) is 43.8. The van der Waals surface area contributed by atoms with Crippen molar-refractivity contribution in [1.29, 1.82) is 0 Å². The summed E-state index contributed by atoms with van der Waals surface area (Å²) in [5, 5.41) is 46.4. The number of alkyl halides is 2. The van der Waals surface area contributed by atoms with E-state index in [0.29, 0.717) is 114 Å². The first-order chi connectivity index (χ1) is 41.5. The maximum atomic E-state index is 12.2. The molecule has 7 N–H and O–H groups in total.